The maximum absolute atomic E-state index is 13.5. The van der Waals surface area contributed by atoms with Crippen LogP contribution in [-0.2, 0) is 54.4 Å². The van der Waals surface area contributed by atoms with Gasteiger partial charge in [0.25, 0.3) is 0 Å². The second kappa shape index (κ2) is 23.5. The number of benzene rings is 1. The Morgan fingerprint density at radius 3 is 1.47 bits per heavy atom. The molecule has 0 spiro atoms. The molecular weight excluding hydrogens is 764 g/mol. The number of amides is 9. The standard InChI is InChI=1S/C32H48N10O15/c1-13(45)25(32(56)57)42-31(55)21(12-44)40-27(51)17(6-7-22(34)47)37-30(54)20(11-43)41-29(53)19(10-24(36)49)39-28(52)18(8-14-2-4-15(46)5-3-14)38-26(50)16(33)9-23(35)48/h2-5,13,16-21,25,43-46H,6-12,33H2,1H3,(H2,34,47)(H2,35,48)(H2,36,49)(H,37,54)(H,38,50)(H,39,52)(H,40,51)(H,41,53)(H,42,55)(H,56,57)/t13-,16+,17+,18-,19-,20+,21-,25+/m1/s1. The molecule has 0 aliphatic rings. The number of phenols is 1. The van der Waals surface area contributed by atoms with Gasteiger partial charge in [-0.3, -0.25) is 43.2 Å². The van der Waals surface area contributed by atoms with E-state index in [1.165, 1.54) is 24.3 Å². The zero-order chi connectivity index (χ0) is 43.6. The van der Waals surface area contributed by atoms with Crippen LogP contribution in [0.4, 0.5) is 0 Å². The number of aliphatic hydroxyl groups excluding tert-OH is 3. The van der Waals surface area contributed by atoms with Crippen LogP contribution in [0, 0.1) is 0 Å². The Morgan fingerprint density at radius 2 is 1.02 bits per heavy atom. The largest absolute Gasteiger partial charge is 0.508 e. The number of nitrogens with two attached hydrogens (primary N) is 4. The summed E-state index contributed by atoms with van der Waals surface area (Å²) in [5, 5.41) is 60.7. The molecule has 25 heteroatoms. The molecular formula is C32H48N10O15. The molecule has 0 aromatic heterocycles. The minimum atomic E-state index is -1.94. The van der Waals surface area contributed by atoms with E-state index in [0.29, 0.717) is 5.56 Å². The first-order chi connectivity index (χ1) is 26.6. The fourth-order valence-electron chi connectivity index (χ4n) is 4.75. The van der Waals surface area contributed by atoms with Crippen molar-refractivity contribution in [2.75, 3.05) is 13.2 Å². The molecule has 0 fully saturated rings. The summed E-state index contributed by atoms with van der Waals surface area (Å²) in [6.45, 7) is -1.24. The molecule has 9 amide bonds. The normalized spacial score (nSPS) is 15.0. The maximum atomic E-state index is 13.5. The van der Waals surface area contributed by atoms with Gasteiger partial charge < -0.3 is 80.4 Å². The van der Waals surface area contributed by atoms with Crippen LogP contribution in [0.25, 0.3) is 0 Å². The average Bonchev–Trinajstić information content (AvgIpc) is 3.12. The van der Waals surface area contributed by atoms with E-state index in [2.05, 4.69) is 21.3 Å². The van der Waals surface area contributed by atoms with Crippen LogP contribution in [0.15, 0.2) is 24.3 Å². The van der Waals surface area contributed by atoms with Crippen molar-refractivity contribution in [2.45, 2.75) is 87.4 Å². The number of hydrogen-bond donors (Lipinski definition) is 15. The van der Waals surface area contributed by atoms with Gasteiger partial charge in [-0.2, -0.15) is 0 Å². The van der Waals surface area contributed by atoms with E-state index in [4.69, 9.17) is 22.9 Å². The fourth-order valence-corrected chi connectivity index (χ4v) is 4.75. The van der Waals surface area contributed by atoms with Crippen molar-refractivity contribution in [3.63, 3.8) is 0 Å². The second-order valence-electron chi connectivity index (χ2n) is 12.6. The van der Waals surface area contributed by atoms with Crippen molar-refractivity contribution in [3.05, 3.63) is 29.8 Å². The van der Waals surface area contributed by atoms with Crippen molar-refractivity contribution in [1.82, 2.24) is 31.9 Å². The molecule has 316 valence electrons. The number of carbonyl (C=O) groups excluding carboxylic acids is 9. The monoisotopic (exact) mass is 812 g/mol. The number of primary amides is 3. The summed E-state index contributed by atoms with van der Waals surface area (Å²) in [6, 6.07) is -6.96. The SMILES string of the molecule is C[C@@H](O)[C@H](NC(=O)[C@@H](CO)NC(=O)[C@H](CCC(N)=O)NC(=O)[C@H](CO)NC(=O)[C@@H](CC(N)=O)NC(=O)[C@@H](Cc1ccc(O)cc1)NC(=O)[C@@H](N)CC(N)=O)C(=O)O. The Labute approximate surface area is 323 Å². The van der Waals surface area contributed by atoms with Gasteiger partial charge in [0.05, 0.1) is 38.2 Å². The van der Waals surface area contributed by atoms with Crippen LogP contribution in [0.3, 0.4) is 0 Å². The molecule has 0 aliphatic heterocycles. The Balaban J connectivity index is 3.27. The number of carboxylic acids is 1. The highest BCUT2D eigenvalue weighted by molar-refractivity contribution is 5.98. The third-order valence-electron chi connectivity index (χ3n) is 7.80. The van der Waals surface area contributed by atoms with Gasteiger partial charge in [0.1, 0.15) is 36.0 Å². The van der Waals surface area contributed by atoms with Gasteiger partial charge in [-0.15, -0.1) is 0 Å². The second-order valence-corrected chi connectivity index (χ2v) is 12.6. The van der Waals surface area contributed by atoms with Gasteiger partial charge in [-0.25, -0.2) is 4.79 Å². The molecule has 1 rings (SSSR count). The van der Waals surface area contributed by atoms with E-state index >= 15 is 0 Å². The minimum Gasteiger partial charge on any atom is -0.508 e. The Hall–Kier alpha value is -6.44. The van der Waals surface area contributed by atoms with Crippen molar-refractivity contribution < 1.29 is 73.5 Å². The summed E-state index contributed by atoms with van der Waals surface area (Å²) in [6.07, 6.45) is -4.48. The summed E-state index contributed by atoms with van der Waals surface area (Å²) in [4.78, 5) is 125. The first kappa shape index (κ1) is 48.6. The molecule has 57 heavy (non-hydrogen) atoms. The van der Waals surface area contributed by atoms with Crippen molar-refractivity contribution in [2.24, 2.45) is 22.9 Å². The van der Waals surface area contributed by atoms with Gasteiger partial charge in [-0.1, -0.05) is 12.1 Å². The van der Waals surface area contributed by atoms with E-state index in [1.807, 2.05) is 10.6 Å². The highest BCUT2D eigenvalue weighted by Gasteiger charge is 2.35. The number of aromatic hydroxyl groups is 1. The lowest BCUT2D eigenvalue weighted by Crippen LogP contribution is -2.61. The molecule has 1 aromatic carbocycles. The van der Waals surface area contributed by atoms with Gasteiger partial charge in [-0.05, 0) is 31.0 Å². The number of aliphatic carboxylic acids is 1. The lowest BCUT2D eigenvalue weighted by Gasteiger charge is -2.26. The van der Waals surface area contributed by atoms with Crippen LogP contribution < -0.4 is 54.8 Å². The zero-order valence-corrected chi connectivity index (χ0v) is 30.5. The summed E-state index contributed by atoms with van der Waals surface area (Å²) < 4.78 is 0. The van der Waals surface area contributed by atoms with Crippen LogP contribution in [0.1, 0.15) is 38.2 Å². The molecule has 8 atom stereocenters. The molecule has 0 saturated heterocycles. The van der Waals surface area contributed by atoms with Gasteiger partial charge in [0, 0.05) is 12.8 Å². The maximum Gasteiger partial charge on any atom is 0.328 e. The Bertz CT molecular complexity index is 1640. The van der Waals surface area contributed by atoms with Gasteiger partial charge in [0.15, 0.2) is 6.04 Å². The van der Waals surface area contributed by atoms with E-state index < -0.39 is 146 Å². The van der Waals surface area contributed by atoms with Crippen molar-refractivity contribution in [1.29, 1.82) is 0 Å². The molecule has 0 bridgehead atoms. The minimum absolute atomic E-state index is 0.130. The van der Waals surface area contributed by atoms with Crippen molar-refractivity contribution >= 4 is 59.1 Å². The Morgan fingerprint density at radius 1 is 0.596 bits per heavy atom. The first-order valence-corrected chi connectivity index (χ1v) is 16.9. The smallest absolute Gasteiger partial charge is 0.328 e. The lowest BCUT2D eigenvalue weighted by atomic mass is 10.0. The molecule has 0 saturated carbocycles. The number of nitrogens with one attached hydrogen (secondary N) is 6. The molecule has 1 aromatic rings. The van der Waals surface area contributed by atoms with Crippen LogP contribution in [0.5, 0.6) is 5.75 Å². The van der Waals surface area contributed by atoms with Gasteiger partial charge >= 0.3 is 5.97 Å². The first-order valence-electron chi connectivity index (χ1n) is 16.9. The highest BCUT2D eigenvalue weighted by Crippen LogP contribution is 2.12. The molecule has 25 nitrogen and oxygen atoms in total. The van der Waals surface area contributed by atoms with Gasteiger partial charge in [0.2, 0.25) is 53.2 Å². The molecule has 0 heterocycles. The lowest BCUT2D eigenvalue weighted by molar-refractivity contribution is -0.145. The number of rotatable bonds is 25. The zero-order valence-electron chi connectivity index (χ0n) is 30.5. The van der Waals surface area contributed by atoms with Crippen LogP contribution in [0.2, 0.25) is 0 Å². The summed E-state index contributed by atoms with van der Waals surface area (Å²) in [5.41, 5.74) is 21.6. The number of carbonyl (C=O) groups is 10. The van der Waals surface area contributed by atoms with E-state index in [1.54, 1.807) is 0 Å². The van der Waals surface area contributed by atoms with Crippen molar-refractivity contribution in [3.8, 4) is 5.75 Å². The topological polar surface area (TPSA) is 448 Å². The summed E-state index contributed by atoms with van der Waals surface area (Å²) in [5.74, 6) is -12.0. The van der Waals surface area contributed by atoms with Crippen LogP contribution >= 0.6 is 0 Å². The molecule has 0 aliphatic carbocycles. The number of hydrogen-bond acceptors (Lipinski definition) is 15. The predicted octanol–water partition coefficient (Wildman–Crippen LogP) is -8.36. The molecule has 0 unspecified atom stereocenters. The van der Waals surface area contributed by atoms with Crippen LogP contribution in [-0.4, -0.2) is 146 Å². The Kier molecular flexibility index (Phi) is 20.0. The summed E-state index contributed by atoms with van der Waals surface area (Å²) >= 11 is 0. The molecule has 19 N–H and O–H groups in total. The quantitative estimate of drug-likeness (QED) is 0.0436. The average molecular weight is 813 g/mol. The number of phenolic OH excluding ortho intramolecular Hbond substituents is 1. The van der Waals surface area contributed by atoms with E-state index in [-0.39, 0.29) is 12.2 Å². The van der Waals surface area contributed by atoms with E-state index in [0.717, 1.165) is 6.92 Å². The number of carboxylic acid groups (broad SMARTS) is 1. The molecule has 0 radical (unpaired) electrons. The summed E-state index contributed by atoms with van der Waals surface area (Å²) in [7, 11) is 0. The van der Waals surface area contributed by atoms with E-state index in [9.17, 15) is 73.5 Å². The highest BCUT2D eigenvalue weighted by atomic mass is 16.4. The number of aliphatic hydroxyl groups is 3. The fraction of sp³-hybridized carbons (Fsp3) is 0.500. The third kappa shape index (κ3) is 17.3. The third-order valence-corrected chi connectivity index (χ3v) is 7.80. The predicted molar refractivity (Wildman–Crippen MR) is 191 cm³/mol.